The lowest BCUT2D eigenvalue weighted by Gasteiger charge is -2.28. The van der Waals surface area contributed by atoms with Gasteiger partial charge in [0, 0.05) is 4.88 Å². The summed E-state index contributed by atoms with van der Waals surface area (Å²) in [6.07, 6.45) is 2.28. The van der Waals surface area contributed by atoms with Crippen LogP contribution in [0.3, 0.4) is 0 Å². The number of nitrogens with one attached hydrogen (secondary N) is 1. The first-order chi connectivity index (χ1) is 11.3. The molecule has 23 heavy (non-hydrogen) atoms. The van der Waals surface area contributed by atoms with Crippen molar-refractivity contribution in [2.75, 3.05) is 0 Å². The van der Waals surface area contributed by atoms with Crippen molar-refractivity contribution in [2.45, 2.75) is 6.04 Å². The van der Waals surface area contributed by atoms with E-state index in [-0.39, 0.29) is 6.04 Å². The molecule has 3 heterocycles. The minimum absolute atomic E-state index is 0.166. The molecule has 0 amide bonds. The van der Waals surface area contributed by atoms with Gasteiger partial charge in [0.25, 0.3) is 0 Å². The van der Waals surface area contributed by atoms with Gasteiger partial charge in [-0.1, -0.05) is 49.0 Å². The Morgan fingerprint density at radius 3 is 2.43 bits per heavy atom. The molecule has 1 N–H and O–H groups in total. The Morgan fingerprint density at radius 2 is 1.74 bits per heavy atom. The fourth-order valence-corrected chi connectivity index (χ4v) is 4.20. The van der Waals surface area contributed by atoms with Gasteiger partial charge in [0.05, 0.1) is 16.3 Å². The van der Waals surface area contributed by atoms with Crippen LogP contribution in [0.25, 0.3) is 11.4 Å². The molecular formula is C19H16N2S2. The van der Waals surface area contributed by atoms with E-state index in [2.05, 4.69) is 70.2 Å². The van der Waals surface area contributed by atoms with E-state index in [1.54, 1.807) is 22.7 Å². The molecule has 3 aromatic rings. The molecule has 0 fully saturated rings. The molecule has 2 aromatic heterocycles. The molecule has 1 aliphatic rings. The van der Waals surface area contributed by atoms with Crippen LogP contribution < -0.4 is 5.43 Å². The summed E-state index contributed by atoms with van der Waals surface area (Å²) in [7, 11) is 0. The Labute approximate surface area is 144 Å². The fourth-order valence-electron chi connectivity index (χ4n) is 2.71. The molecule has 1 aliphatic heterocycles. The molecule has 0 aliphatic carbocycles. The van der Waals surface area contributed by atoms with Gasteiger partial charge in [-0.15, -0.1) is 22.7 Å². The molecule has 0 saturated heterocycles. The summed E-state index contributed by atoms with van der Waals surface area (Å²) < 4.78 is 0. The molecule has 114 valence electrons. The van der Waals surface area contributed by atoms with Gasteiger partial charge in [0.2, 0.25) is 0 Å². The molecule has 4 heteroatoms. The van der Waals surface area contributed by atoms with Crippen LogP contribution in [0, 0.1) is 0 Å². The maximum absolute atomic E-state index is 4.32. The first kappa shape index (κ1) is 14.3. The standard InChI is InChI=1S/C19H16N2S2/c1-14(15-7-3-2-4-8-15)21-17(19-10-6-12-23-19)13-16(20-21)18-9-5-11-22-18/h2-13,17,20H,1H2. The van der Waals surface area contributed by atoms with Crippen molar-refractivity contribution in [1.29, 1.82) is 0 Å². The monoisotopic (exact) mass is 336 g/mol. The molecule has 1 aromatic carbocycles. The summed E-state index contributed by atoms with van der Waals surface area (Å²) >= 11 is 3.52. The van der Waals surface area contributed by atoms with Gasteiger partial charge < -0.3 is 0 Å². The van der Waals surface area contributed by atoms with E-state index in [1.165, 1.54) is 9.75 Å². The molecule has 4 rings (SSSR count). The molecule has 0 bridgehead atoms. The van der Waals surface area contributed by atoms with Crippen molar-refractivity contribution in [3.05, 3.63) is 93.3 Å². The van der Waals surface area contributed by atoms with Crippen LogP contribution in [0.1, 0.15) is 21.4 Å². The highest BCUT2D eigenvalue weighted by atomic mass is 32.1. The number of hydrogen-bond donors (Lipinski definition) is 1. The highest BCUT2D eigenvalue weighted by Gasteiger charge is 2.29. The van der Waals surface area contributed by atoms with E-state index in [4.69, 9.17) is 0 Å². The van der Waals surface area contributed by atoms with Crippen LogP contribution in [-0.4, -0.2) is 5.01 Å². The zero-order valence-corrected chi connectivity index (χ0v) is 14.1. The van der Waals surface area contributed by atoms with Crippen molar-refractivity contribution < 1.29 is 0 Å². The number of nitrogens with zero attached hydrogens (tertiary/aromatic N) is 1. The average Bonchev–Trinajstić information content (AvgIpc) is 3.34. The van der Waals surface area contributed by atoms with Gasteiger partial charge >= 0.3 is 0 Å². The van der Waals surface area contributed by atoms with E-state index in [0.717, 1.165) is 17.0 Å². The van der Waals surface area contributed by atoms with E-state index >= 15 is 0 Å². The first-order valence-corrected chi connectivity index (χ1v) is 9.18. The lowest BCUT2D eigenvalue weighted by Crippen LogP contribution is -2.31. The maximum atomic E-state index is 4.32. The Kier molecular flexibility index (Phi) is 3.77. The smallest absolute Gasteiger partial charge is 0.105 e. The van der Waals surface area contributed by atoms with Crippen LogP contribution >= 0.6 is 22.7 Å². The summed E-state index contributed by atoms with van der Waals surface area (Å²) in [6, 6.07) is 19.0. The normalized spacial score (nSPS) is 17.0. The fraction of sp³-hybridized carbons (Fsp3) is 0.0526. The average molecular weight is 336 g/mol. The van der Waals surface area contributed by atoms with Crippen molar-refractivity contribution >= 4 is 34.1 Å². The quantitative estimate of drug-likeness (QED) is 0.688. The second-order valence-electron chi connectivity index (χ2n) is 5.31. The minimum Gasteiger partial charge on any atom is -0.296 e. The van der Waals surface area contributed by atoms with Crippen LogP contribution in [0.15, 0.2) is 78.0 Å². The van der Waals surface area contributed by atoms with E-state index in [9.17, 15) is 0 Å². The highest BCUT2D eigenvalue weighted by Crippen LogP contribution is 2.38. The Bertz CT molecular complexity index is 818. The van der Waals surface area contributed by atoms with Gasteiger partial charge in [-0.2, -0.15) is 0 Å². The maximum Gasteiger partial charge on any atom is 0.105 e. The van der Waals surface area contributed by atoms with Gasteiger partial charge in [0.1, 0.15) is 6.04 Å². The minimum atomic E-state index is 0.166. The third-order valence-electron chi connectivity index (χ3n) is 3.86. The molecular weight excluding hydrogens is 320 g/mol. The zero-order valence-electron chi connectivity index (χ0n) is 12.5. The third-order valence-corrected chi connectivity index (χ3v) is 5.71. The van der Waals surface area contributed by atoms with Crippen molar-refractivity contribution in [3.8, 4) is 0 Å². The van der Waals surface area contributed by atoms with Gasteiger partial charge in [-0.25, -0.2) is 0 Å². The van der Waals surface area contributed by atoms with Crippen LogP contribution in [0.4, 0.5) is 0 Å². The molecule has 0 radical (unpaired) electrons. The summed E-state index contributed by atoms with van der Waals surface area (Å²) in [5.74, 6) is 0. The summed E-state index contributed by atoms with van der Waals surface area (Å²) in [5.41, 5.74) is 6.80. The molecule has 1 unspecified atom stereocenters. The SMILES string of the molecule is C=C(c1ccccc1)N1NC(c2cccs2)=CC1c1cccs1. The van der Waals surface area contributed by atoms with E-state index in [0.29, 0.717) is 0 Å². The molecule has 0 saturated carbocycles. The molecule has 1 atom stereocenters. The molecule has 2 nitrogen and oxygen atoms in total. The van der Waals surface area contributed by atoms with Crippen LogP contribution in [-0.2, 0) is 0 Å². The van der Waals surface area contributed by atoms with Gasteiger partial charge in [0.15, 0.2) is 0 Å². The highest BCUT2D eigenvalue weighted by molar-refractivity contribution is 7.11. The van der Waals surface area contributed by atoms with Gasteiger partial charge in [-0.3, -0.25) is 10.4 Å². The third kappa shape index (κ3) is 2.71. The summed E-state index contributed by atoms with van der Waals surface area (Å²) in [6.45, 7) is 4.32. The van der Waals surface area contributed by atoms with Crippen LogP contribution in [0.2, 0.25) is 0 Å². The van der Waals surface area contributed by atoms with Crippen molar-refractivity contribution in [1.82, 2.24) is 10.4 Å². The summed E-state index contributed by atoms with van der Waals surface area (Å²) in [4.78, 5) is 2.55. The number of hydrogen-bond acceptors (Lipinski definition) is 4. The Balaban J connectivity index is 1.70. The van der Waals surface area contributed by atoms with Gasteiger partial charge in [-0.05, 0) is 34.5 Å². The van der Waals surface area contributed by atoms with E-state index in [1.807, 2.05) is 18.2 Å². The van der Waals surface area contributed by atoms with Crippen molar-refractivity contribution in [3.63, 3.8) is 0 Å². The largest absolute Gasteiger partial charge is 0.296 e. The van der Waals surface area contributed by atoms with Crippen LogP contribution in [0.5, 0.6) is 0 Å². The second kappa shape index (κ2) is 6.07. The summed E-state index contributed by atoms with van der Waals surface area (Å²) in [5, 5.41) is 6.39. The Hall–Kier alpha value is -2.30. The zero-order chi connectivity index (χ0) is 15.6. The number of rotatable bonds is 4. The lowest BCUT2D eigenvalue weighted by atomic mass is 10.1. The second-order valence-corrected chi connectivity index (χ2v) is 7.24. The first-order valence-electron chi connectivity index (χ1n) is 7.42. The Morgan fingerprint density at radius 1 is 0.957 bits per heavy atom. The topological polar surface area (TPSA) is 15.3 Å². The lowest BCUT2D eigenvalue weighted by molar-refractivity contribution is 0.326. The van der Waals surface area contributed by atoms with E-state index < -0.39 is 0 Å². The number of thiophene rings is 2. The van der Waals surface area contributed by atoms with Crippen molar-refractivity contribution in [2.24, 2.45) is 0 Å². The predicted octanol–water partition coefficient (Wildman–Crippen LogP) is 5.38. The number of benzene rings is 1. The predicted molar refractivity (Wildman–Crippen MR) is 99.8 cm³/mol. The molecule has 0 spiro atoms. The number of hydrazine groups is 1.